The van der Waals surface area contributed by atoms with E-state index in [9.17, 15) is 4.79 Å². The molecule has 0 aliphatic heterocycles. The van der Waals surface area contributed by atoms with Gasteiger partial charge in [-0.3, -0.25) is 9.78 Å². The monoisotopic (exact) mass is 357 g/mol. The number of pyridine rings is 1. The molecule has 1 aromatic heterocycles. The number of aryl methyl sites for hydroxylation is 1. The molecule has 0 aliphatic carbocycles. The van der Waals surface area contributed by atoms with Crippen molar-refractivity contribution in [2.24, 2.45) is 5.73 Å². The number of rotatable bonds is 5. The number of aromatic nitrogens is 1. The standard InChI is InChI=1S/C17H23N3O.2ClH/c1-4-17(18,5-2)11-19-16(21)14-8-6-7-13-10-9-12(3)20-15(13)14;;/h6-10H,4-5,11,18H2,1-3H3,(H,19,21);2*1H. The zero-order valence-electron chi connectivity index (χ0n) is 13.8. The van der Waals surface area contributed by atoms with Crippen molar-refractivity contribution in [3.8, 4) is 0 Å². The summed E-state index contributed by atoms with van der Waals surface area (Å²) >= 11 is 0. The van der Waals surface area contributed by atoms with Crippen LogP contribution in [0.15, 0.2) is 30.3 Å². The molecule has 1 heterocycles. The van der Waals surface area contributed by atoms with Crippen molar-refractivity contribution in [1.29, 1.82) is 0 Å². The molecule has 1 aromatic carbocycles. The Bertz CT molecular complexity index is 657. The van der Waals surface area contributed by atoms with Crippen LogP contribution in [0, 0.1) is 6.92 Å². The molecular weight excluding hydrogens is 333 g/mol. The molecule has 3 N–H and O–H groups in total. The first kappa shape index (κ1) is 21.6. The first-order valence-corrected chi connectivity index (χ1v) is 7.42. The third-order valence-corrected chi connectivity index (χ3v) is 4.11. The van der Waals surface area contributed by atoms with Crippen molar-refractivity contribution in [2.75, 3.05) is 6.54 Å². The van der Waals surface area contributed by atoms with Gasteiger partial charge in [0.15, 0.2) is 0 Å². The predicted molar refractivity (Wildman–Crippen MR) is 101 cm³/mol. The van der Waals surface area contributed by atoms with Crippen LogP contribution in [-0.2, 0) is 0 Å². The minimum Gasteiger partial charge on any atom is -0.350 e. The molecule has 1 amide bonds. The molecule has 2 rings (SSSR count). The molecule has 0 atom stereocenters. The topological polar surface area (TPSA) is 68.0 Å². The van der Waals surface area contributed by atoms with E-state index >= 15 is 0 Å². The van der Waals surface area contributed by atoms with Gasteiger partial charge in [-0.15, -0.1) is 24.8 Å². The van der Waals surface area contributed by atoms with Gasteiger partial charge in [0.05, 0.1) is 11.1 Å². The molecule has 0 fully saturated rings. The van der Waals surface area contributed by atoms with Crippen LogP contribution < -0.4 is 11.1 Å². The summed E-state index contributed by atoms with van der Waals surface area (Å²) < 4.78 is 0. The maximum atomic E-state index is 12.4. The summed E-state index contributed by atoms with van der Waals surface area (Å²) in [5, 5.41) is 3.92. The van der Waals surface area contributed by atoms with Crippen LogP contribution in [0.1, 0.15) is 42.7 Å². The second-order valence-corrected chi connectivity index (χ2v) is 5.58. The van der Waals surface area contributed by atoms with E-state index in [-0.39, 0.29) is 36.3 Å². The fourth-order valence-electron chi connectivity index (χ4n) is 2.28. The van der Waals surface area contributed by atoms with Crippen LogP contribution in [0.2, 0.25) is 0 Å². The van der Waals surface area contributed by atoms with Gasteiger partial charge >= 0.3 is 0 Å². The van der Waals surface area contributed by atoms with E-state index in [4.69, 9.17) is 5.73 Å². The van der Waals surface area contributed by atoms with Gasteiger partial charge in [0.25, 0.3) is 5.91 Å². The Morgan fingerprint density at radius 1 is 1.17 bits per heavy atom. The number of nitrogens with two attached hydrogens (primary N) is 1. The molecule has 128 valence electrons. The molecule has 2 aromatic rings. The number of nitrogens with zero attached hydrogens (tertiary/aromatic N) is 1. The number of carbonyl (C=O) groups excluding carboxylic acids is 1. The first-order valence-electron chi connectivity index (χ1n) is 7.42. The second kappa shape index (κ2) is 9.06. The van der Waals surface area contributed by atoms with E-state index in [2.05, 4.69) is 10.3 Å². The Labute approximate surface area is 150 Å². The van der Waals surface area contributed by atoms with E-state index in [0.717, 1.165) is 29.4 Å². The van der Waals surface area contributed by atoms with E-state index in [1.165, 1.54) is 0 Å². The van der Waals surface area contributed by atoms with Gasteiger partial charge < -0.3 is 11.1 Å². The number of hydrogen-bond acceptors (Lipinski definition) is 3. The number of carbonyl (C=O) groups is 1. The molecule has 4 nitrogen and oxygen atoms in total. The van der Waals surface area contributed by atoms with Crippen molar-refractivity contribution < 1.29 is 4.79 Å². The largest absolute Gasteiger partial charge is 0.350 e. The number of nitrogens with one attached hydrogen (secondary N) is 1. The summed E-state index contributed by atoms with van der Waals surface area (Å²) in [7, 11) is 0. The number of para-hydroxylation sites is 1. The van der Waals surface area contributed by atoms with Gasteiger partial charge in [0.1, 0.15) is 0 Å². The summed E-state index contributed by atoms with van der Waals surface area (Å²) in [6.07, 6.45) is 1.66. The molecule has 0 saturated carbocycles. The Hall–Kier alpha value is -1.36. The molecular formula is C17H25Cl2N3O. The highest BCUT2D eigenvalue weighted by Crippen LogP contribution is 2.17. The first-order chi connectivity index (χ1) is 9.99. The van der Waals surface area contributed by atoms with Crippen LogP contribution in [0.25, 0.3) is 10.9 Å². The average molecular weight is 358 g/mol. The van der Waals surface area contributed by atoms with Gasteiger partial charge in [-0.05, 0) is 31.9 Å². The number of fused-ring (bicyclic) bond motifs is 1. The zero-order valence-corrected chi connectivity index (χ0v) is 15.4. The van der Waals surface area contributed by atoms with Gasteiger partial charge in [-0.25, -0.2) is 0 Å². The SMILES string of the molecule is CCC(N)(CC)CNC(=O)c1cccc2ccc(C)nc12.Cl.Cl. The highest BCUT2D eigenvalue weighted by molar-refractivity contribution is 6.05. The summed E-state index contributed by atoms with van der Waals surface area (Å²) in [4.78, 5) is 16.9. The maximum absolute atomic E-state index is 12.4. The minimum atomic E-state index is -0.344. The van der Waals surface area contributed by atoms with Crippen molar-refractivity contribution in [3.63, 3.8) is 0 Å². The maximum Gasteiger partial charge on any atom is 0.253 e. The number of amides is 1. The lowest BCUT2D eigenvalue weighted by Gasteiger charge is -2.26. The van der Waals surface area contributed by atoms with Gasteiger partial charge in [-0.2, -0.15) is 0 Å². The Morgan fingerprint density at radius 2 is 1.83 bits per heavy atom. The summed E-state index contributed by atoms with van der Waals surface area (Å²) in [5.74, 6) is -0.115. The van der Waals surface area contributed by atoms with Crippen molar-refractivity contribution in [3.05, 3.63) is 41.6 Å². The van der Waals surface area contributed by atoms with Crippen LogP contribution in [0.5, 0.6) is 0 Å². The highest BCUT2D eigenvalue weighted by atomic mass is 35.5. The van der Waals surface area contributed by atoms with Crippen LogP contribution in [0.3, 0.4) is 0 Å². The Morgan fingerprint density at radius 3 is 2.43 bits per heavy atom. The third kappa shape index (κ3) is 5.06. The quantitative estimate of drug-likeness (QED) is 0.858. The fraction of sp³-hybridized carbons (Fsp3) is 0.412. The van der Waals surface area contributed by atoms with E-state index < -0.39 is 0 Å². The molecule has 0 saturated heterocycles. The van der Waals surface area contributed by atoms with E-state index in [1.54, 1.807) is 6.07 Å². The fourth-order valence-corrected chi connectivity index (χ4v) is 2.28. The second-order valence-electron chi connectivity index (χ2n) is 5.58. The zero-order chi connectivity index (χ0) is 15.5. The number of benzene rings is 1. The molecule has 0 radical (unpaired) electrons. The van der Waals surface area contributed by atoms with E-state index in [0.29, 0.717) is 12.1 Å². The minimum absolute atomic E-state index is 0. The van der Waals surface area contributed by atoms with Gasteiger partial charge in [0.2, 0.25) is 0 Å². The average Bonchev–Trinajstić information content (AvgIpc) is 2.51. The van der Waals surface area contributed by atoms with Crippen LogP contribution in [0.4, 0.5) is 0 Å². The summed E-state index contributed by atoms with van der Waals surface area (Å²) in [6.45, 7) is 6.48. The molecule has 0 bridgehead atoms. The van der Waals surface area contributed by atoms with Crippen LogP contribution >= 0.6 is 24.8 Å². The van der Waals surface area contributed by atoms with Gasteiger partial charge in [-0.1, -0.05) is 32.0 Å². The molecule has 23 heavy (non-hydrogen) atoms. The smallest absolute Gasteiger partial charge is 0.253 e. The van der Waals surface area contributed by atoms with Crippen LogP contribution in [-0.4, -0.2) is 23.0 Å². The Balaban J connectivity index is 0.00000242. The van der Waals surface area contributed by atoms with Gasteiger partial charge in [0, 0.05) is 23.2 Å². The number of hydrogen-bond donors (Lipinski definition) is 2. The van der Waals surface area contributed by atoms with Crippen molar-refractivity contribution in [1.82, 2.24) is 10.3 Å². The van der Waals surface area contributed by atoms with Crippen molar-refractivity contribution in [2.45, 2.75) is 39.2 Å². The third-order valence-electron chi connectivity index (χ3n) is 4.11. The predicted octanol–water partition coefficient (Wildman–Crippen LogP) is 3.63. The lowest BCUT2D eigenvalue weighted by atomic mass is 9.94. The molecule has 6 heteroatoms. The van der Waals surface area contributed by atoms with Crippen molar-refractivity contribution >= 4 is 41.6 Å². The molecule has 0 spiro atoms. The number of halogens is 2. The highest BCUT2D eigenvalue weighted by Gasteiger charge is 2.21. The summed E-state index contributed by atoms with van der Waals surface area (Å²) in [6, 6.07) is 9.58. The normalized spacial score (nSPS) is 10.6. The Kier molecular flexibility index (Phi) is 8.53. The summed E-state index contributed by atoms with van der Waals surface area (Å²) in [5.41, 5.74) is 8.13. The molecule has 0 unspecified atom stereocenters. The molecule has 0 aliphatic rings. The lowest BCUT2D eigenvalue weighted by molar-refractivity contribution is 0.0943. The lowest BCUT2D eigenvalue weighted by Crippen LogP contribution is -2.49. The van der Waals surface area contributed by atoms with E-state index in [1.807, 2.05) is 45.0 Å².